The van der Waals surface area contributed by atoms with E-state index in [0.717, 1.165) is 64.5 Å². The molecular weight excluding hydrogens is 374 g/mol. The van der Waals surface area contributed by atoms with Gasteiger partial charge in [-0.3, -0.25) is 14.8 Å². The highest BCUT2D eigenvalue weighted by molar-refractivity contribution is 5.80. The zero-order valence-corrected chi connectivity index (χ0v) is 19.2. The molecule has 3 aliphatic rings. The molecule has 0 aromatic heterocycles. The minimum atomic E-state index is 0.405. The second kappa shape index (κ2) is 11.5. The van der Waals surface area contributed by atoms with E-state index in [-0.39, 0.29) is 0 Å². The van der Waals surface area contributed by atoms with Gasteiger partial charge in [-0.2, -0.15) is 0 Å². The van der Waals surface area contributed by atoms with Gasteiger partial charge in [0.05, 0.1) is 13.3 Å². The number of allylic oxidation sites excluding steroid dienone is 3. The van der Waals surface area contributed by atoms with Crippen LogP contribution in [-0.4, -0.2) is 81.6 Å². The summed E-state index contributed by atoms with van der Waals surface area (Å²) >= 11 is 0. The minimum absolute atomic E-state index is 0.405. The Bertz CT molecular complexity index is 726. The first-order valence-corrected chi connectivity index (χ1v) is 11.4. The second-order valence-electron chi connectivity index (χ2n) is 8.23. The Labute approximate surface area is 182 Å². The van der Waals surface area contributed by atoms with E-state index in [4.69, 9.17) is 9.73 Å². The van der Waals surface area contributed by atoms with Gasteiger partial charge in [0.2, 0.25) is 0 Å². The number of nitrogens with zero attached hydrogens (tertiary/aromatic N) is 3. The molecule has 0 spiro atoms. The SMILES string of the molecule is CCOC1=CC(C(C)N2CCN(CN=CC3=C(NC)CCNC3)CC2)=CCC=C1C. The van der Waals surface area contributed by atoms with Crippen molar-refractivity contribution in [2.45, 2.75) is 39.7 Å². The fourth-order valence-electron chi connectivity index (χ4n) is 4.28. The second-order valence-corrected chi connectivity index (χ2v) is 8.23. The summed E-state index contributed by atoms with van der Waals surface area (Å²) in [6.45, 7) is 14.2. The van der Waals surface area contributed by atoms with Crippen LogP contribution in [0.3, 0.4) is 0 Å². The van der Waals surface area contributed by atoms with Crippen molar-refractivity contribution in [1.29, 1.82) is 0 Å². The molecule has 166 valence electrons. The Balaban J connectivity index is 1.51. The Kier molecular flexibility index (Phi) is 8.73. The highest BCUT2D eigenvalue weighted by Crippen LogP contribution is 2.24. The third-order valence-corrected chi connectivity index (χ3v) is 6.29. The number of piperazine rings is 1. The van der Waals surface area contributed by atoms with Gasteiger partial charge in [0.25, 0.3) is 0 Å². The van der Waals surface area contributed by atoms with Crippen LogP contribution >= 0.6 is 0 Å². The van der Waals surface area contributed by atoms with E-state index in [1.165, 1.54) is 22.4 Å². The van der Waals surface area contributed by atoms with Crippen molar-refractivity contribution in [3.05, 3.63) is 46.4 Å². The Morgan fingerprint density at radius 2 is 2.07 bits per heavy atom. The summed E-state index contributed by atoms with van der Waals surface area (Å²) in [6, 6.07) is 0.405. The molecule has 0 amide bonds. The van der Waals surface area contributed by atoms with Gasteiger partial charge < -0.3 is 15.4 Å². The van der Waals surface area contributed by atoms with Crippen molar-refractivity contribution < 1.29 is 4.74 Å². The molecule has 1 aliphatic carbocycles. The summed E-state index contributed by atoms with van der Waals surface area (Å²) in [7, 11) is 2.00. The maximum absolute atomic E-state index is 5.87. The lowest BCUT2D eigenvalue weighted by Gasteiger charge is -2.38. The largest absolute Gasteiger partial charge is 0.494 e. The molecular formula is C24H39N5O. The summed E-state index contributed by atoms with van der Waals surface area (Å²) in [5.74, 6) is 1.02. The first-order chi connectivity index (χ1) is 14.6. The maximum Gasteiger partial charge on any atom is 0.122 e. The summed E-state index contributed by atoms with van der Waals surface area (Å²) in [4.78, 5) is 9.76. The summed E-state index contributed by atoms with van der Waals surface area (Å²) in [5, 5.41) is 6.74. The minimum Gasteiger partial charge on any atom is -0.494 e. The molecule has 0 radical (unpaired) electrons. The number of hydrogen-bond acceptors (Lipinski definition) is 6. The van der Waals surface area contributed by atoms with Gasteiger partial charge in [0, 0.05) is 69.8 Å². The first-order valence-electron chi connectivity index (χ1n) is 11.4. The van der Waals surface area contributed by atoms with Gasteiger partial charge in [-0.15, -0.1) is 0 Å². The van der Waals surface area contributed by atoms with E-state index < -0.39 is 0 Å². The highest BCUT2D eigenvalue weighted by Gasteiger charge is 2.23. The molecule has 0 bridgehead atoms. The molecule has 2 heterocycles. The number of aliphatic imine (C=N–C) groups is 1. The normalized spacial score (nSPS) is 23.0. The molecule has 1 saturated heterocycles. The molecule has 2 N–H and O–H groups in total. The van der Waals surface area contributed by atoms with Gasteiger partial charge in [-0.05, 0) is 50.8 Å². The molecule has 0 aromatic carbocycles. The molecule has 6 nitrogen and oxygen atoms in total. The van der Waals surface area contributed by atoms with E-state index in [1.807, 2.05) is 7.05 Å². The first kappa shape index (κ1) is 22.8. The van der Waals surface area contributed by atoms with Crippen molar-refractivity contribution >= 4 is 6.21 Å². The van der Waals surface area contributed by atoms with Crippen LogP contribution in [0.1, 0.15) is 33.6 Å². The van der Waals surface area contributed by atoms with Gasteiger partial charge in [-0.25, -0.2) is 0 Å². The van der Waals surface area contributed by atoms with Crippen LogP contribution in [0.4, 0.5) is 0 Å². The van der Waals surface area contributed by atoms with Gasteiger partial charge in [0.1, 0.15) is 5.76 Å². The predicted molar refractivity (Wildman–Crippen MR) is 126 cm³/mol. The monoisotopic (exact) mass is 413 g/mol. The van der Waals surface area contributed by atoms with Crippen molar-refractivity contribution in [3.63, 3.8) is 0 Å². The standard InChI is InChI=1S/C24H39N5O/c1-5-30-24-15-21(8-6-7-19(24)2)20(3)29-13-11-28(12-14-29)18-27-17-22-16-26-10-9-23(22)25-4/h7-8,15,17,20,25-26H,5-6,9-14,16,18H2,1-4H3. The van der Waals surface area contributed by atoms with Crippen LogP contribution in [0.2, 0.25) is 0 Å². The van der Waals surface area contributed by atoms with Gasteiger partial charge in [-0.1, -0.05) is 12.2 Å². The van der Waals surface area contributed by atoms with E-state index in [0.29, 0.717) is 12.6 Å². The Morgan fingerprint density at radius 1 is 1.27 bits per heavy atom. The van der Waals surface area contributed by atoms with Crippen LogP contribution in [0.5, 0.6) is 0 Å². The number of hydrogen-bond donors (Lipinski definition) is 2. The average Bonchev–Trinajstić information content (AvgIpc) is 2.96. The third-order valence-electron chi connectivity index (χ3n) is 6.29. The number of nitrogens with one attached hydrogen (secondary N) is 2. The van der Waals surface area contributed by atoms with E-state index in [2.05, 4.69) is 65.6 Å². The molecule has 0 aromatic rings. The summed E-state index contributed by atoms with van der Waals surface area (Å²) in [5.41, 5.74) is 5.21. The molecule has 30 heavy (non-hydrogen) atoms. The maximum atomic E-state index is 5.87. The lowest BCUT2D eigenvalue weighted by Crippen LogP contribution is -2.49. The van der Waals surface area contributed by atoms with Gasteiger partial charge in [0.15, 0.2) is 0 Å². The van der Waals surface area contributed by atoms with Crippen molar-refractivity contribution in [1.82, 2.24) is 20.4 Å². The summed E-state index contributed by atoms with van der Waals surface area (Å²) < 4.78 is 5.87. The zero-order chi connectivity index (χ0) is 21.3. The van der Waals surface area contributed by atoms with Crippen LogP contribution in [0.15, 0.2) is 51.4 Å². The topological polar surface area (TPSA) is 52.1 Å². The smallest absolute Gasteiger partial charge is 0.122 e. The number of ether oxygens (including phenoxy) is 1. The molecule has 0 saturated carbocycles. The fourth-order valence-corrected chi connectivity index (χ4v) is 4.28. The molecule has 2 aliphatic heterocycles. The van der Waals surface area contributed by atoms with E-state index in [9.17, 15) is 0 Å². The van der Waals surface area contributed by atoms with Crippen LogP contribution < -0.4 is 10.6 Å². The zero-order valence-electron chi connectivity index (χ0n) is 19.2. The lowest BCUT2D eigenvalue weighted by atomic mass is 10.0. The van der Waals surface area contributed by atoms with Crippen molar-refractivity contribution in [2.24, 2.45) is 4.99 Å². The average molecular weight is 414 g/mol. The Hall–Kier alpha value is -1.89. The third kappa shape index (κ3) is 6.06. The molecule has 6 heteroatoms. The highest BCUT2D eigenvalue weighted by atomic mass is 16.5. The van der Waals surface area contributed by atoms with Crippen LogP contribution in [0.25, 0.3) is 0 Å². The van der Waals surface area contributed by atoms with E-state index in [1.54, 1.807) is 0 Å². The van der Waals surface area contributed by atoms with Crippen LogP contribution in [-0.2, 0) is 4.74 Å². The van der Waals surface area contributed by atoms with Crippen LogP contribution in [0, 0.1) is 0 Å². The quantitative estimate of drug-likeness (QED) is 0.599. The molecule has 1 fully saturated rings. The Morgan fingerprint density at radius 3 is 2.80 bits per heavy atom. The molecule has 1 unspecified atom stereocenters. The lowest BCUT2D eigenvalue weighted by molar-refractivity contribution is 0.117. The fraction of sp³-hybridized carbons (Fsp3) is 0.625. The summed E-state index contributed by atoms with van der Waals surface area (Å²) in [6.07, 6.45) is 10.9. The number of rotatable bonds is 8. The van der Waals surface area contributed by atoms with Crippen molar-refractivity contribution in [2.75, 3.05) is 59.6 Å². The molecule has 1 atom stereocenters. The van der Waals surface area contributed by atoms with Gasteiger partial charge >= 0.3 is 0 Å². The molecule has 3 rings (SSSR count). The van der Waals surface area contributed by atoms with E-state index >= 15 is 0 Å². The predicted octanol–water partition coefficient (Wildman–Crippen LogP) is 2.68. The van der Waals surface area contributed by atoms with Crippen molar-refractivity contribution in [3.8, 4) is 0 Å².